The smallest absolute Gasteiger partial charge is 0.260 e. The van der Waals surface area contributed by atoms with Gasteiger partial charge in [-0.2, -0.15) is 0 Å². The second-order valence-electron chi connectivity index (χ2n) is 6.83. The summed E-state index contributed by atoms with van der Waals surface area (Å²) >= 11 is 12.1. The van der Waals surface area contributed by atoms with Crippen LogP contribution in [-0.4, -0.2) is 54.4 Å². The zero-order valence-electron chi connectivity index (χ0n) is 15.9. The highest BCUT2D eigenvalue weighted by atomic mass is 35.5. The Morgan fingerprint density at radius 1 is 0.929 bits per heavy atom. The minimum absolute atomic E-state index is 0.0173. The zero-order valence-corrected chi connectivity index (χ0v) is 17.4. The number of ether oxygens (including phenoxy) is 1. The topological polar surface area (TPSA) is 49.9 Å². The van der Waals surface area contributed by atoms with Crippen LogP contribution >= 0.6 is 23.2 Å². The number of halogens is 2. The van der Waals surface area contributed by atoms with Gasteiger partial charge in [0.2, 0.25) is 0 Å². The summed E-state index contributed by atoms with van der Waals surface area (Å²) in [7, 11) is 0. The summed E-state index contributed by atoms with van der Waals surface area (Å²) < 4.78 is 5.63. The van der Waals surface area contributed by atoms with Crippen LogP contribution in [-0.2, 0) is 4.79 Å². The van der Waals surface area contributed by atoms with Crippen molar-refractivity contribution in [3.63, 3.8) is 0 Å². The van der Waals surface area contributed by atoms with Crippen LogP contribution in [0.2, 0.25) is 10.0 Å². The van der Waals surface area contributed by atoms with Crippen molar-refractivity contribution in [2.75, 3.05) is 32.8 Å². The van der Waals surface area contributed by atoms with Gasteiger partial charge in [0.25, 0.3) is 11.8 Å². The van der Waals surface area contributed by atoms with Crippen LogP contribution in [0.15, 0.2) is 36.4 Å². The highest BCUT2D eigenvalue weighted by molar-refractivity contribution is 6.35. The normalized spacial score (nSPS) is 14.1. The second-order valence-corrected chi connectivity index (χ2v) is 7.68. The molecule has 1 saturated heterocycles. The summed E-state index contributed by atoms with van der Waals surface area (Å²) in [6.07, 6.45) is 0. The molecule has 2 aromatic rings. The van der Waals surface area contributed by atoms with Gasteiger partial charge < -0.3 is 14.5 Å². The third kappa shape index (κ3) is 4.78. The van der Waals surface area contributed by atoms with Crippen molar-refractivity contribution in [2.45, 2.75) is 13.8 Å². The lowest BCUT2D eigenvalue weighted by atomic mass is 10.1. The Hall–Kier alpha value is -2.24. The number of amides is 2. The van der Waals surface area contributed by atoms with Gasteiger partial charge in [0, 0.05) is 31.2 Å². The molecule has 5 nitrogen and oxygen atoms in total. The highest BCUT2D eigenvalue weighted by Crippen LogP contribution is 2.23. The summed E-state index contributed by atoms with van der Waals surface area (Å²) in [5.74, 6) is 0.415. The molecule has 0 saturated carbocycles. The van der Waals surface area contributed by atoms with E-state index in [2.05, 4.69) is 0 Å². The molecular formula is C21H22Cl2N2O3. The van der Waals surface area contributed by atoms with E-state index in [1.807, 2.05) is 32.0 Å². The maximum atomic E-state index is 12.7. The maximum Gasteiger partial charge on any atom is 0.260 e. The van der Waals surface area contributed by atoms with E-state index in [0.29, 0.717) is 47.5 Å². The average Bonchev–Trinajstić information content (AvgIpc) is 2.70. The van der Waals surface area contributed by atoms with Crippen molar-refractivity contribution >= 4 is 35.0 Å². The Bertz CT molecular complexity index is 893. The minimum Gasteiger partial charge on any atom is -0.484 e. The molecule has 3 rings (SSSR count). The first-order chi connectivity index (χ1) is 13.3. The largest absolute Gasteiger partial charge is 0.484 e. The van der Waals surface area contributed by atoms with Crippen LogP contribution in [0, 0.1) is 13.8 Å². The number of carbonyl (C=O) groups excluding carboxylic acids is 2. The Labute approximate surface area is 174 Å². The first-order valence-electron chi connectivity index (χ1n) is 9.07. The highest BCUT2D eigenvalue weighted by Gasteiger charge is 2.26. The molecule has 0 radical (unpaired) electrons. The van der Waals surface area contributed by atoms with E-state index in [9.17, 15) is 9.59 Å². The molecule has 2 aromatic carbocycles. The first-order valence-corrected chi connectivity index (χ1v) is 9.83. The standard InChI is InChI=1S/C21H22Cl2N2O3/c1-14-3-5-17(11-15(14)2)28-13-20(26)24-7-9-25(10-8-24)21(27)18-12-16(22)4-6-19(18)23/h3-6,11-12H,7-10,13H2,1-2H3. The molecule has 1 heterocycles. The maximum absolute atomic E-state index is 12.7. The lowest BCUT2D eigenvalue weighted by Crippen LogP contribution is -2.51. The van der Waals surface area contributed by atoms with E-state index in [0.717, 1.165) is 5.56 Å². The Kier molecular flexibility index (Phi) is 6.47. The third-order valence-electron chi connectivity index (χ3n) is 4.92. The van der Waals surface area contributed by atoms with Gasteiger partial charge >= 0.3 is 0 Å². The molecule has 148 valence electrons. The number of hydrogen-bond donors (Lipinski definition) is 0. The molecule has 1 fully saturated rings. The van der Waals surface area contributed by atoms with Gasteiger partial charge in [-0.1, -0.05) is 29.3 Å². The van der Waals surface area contributed by atoms with Gasteiger partial charge in [0.05, 0.1) is 10.6 Å². The summed E-state index contributed by atoms with van der Waals surface area (Å²) in [6, 6.07) is 10.6. The van der Waals surface area contributed by atoms with Gasteiger partial charge in [0.15, 0.2) is 6.61 Å². The number of benzene rings is 2. The zero-order chi connectivity index (χ0) is 20.3. The molecule has 7 heteroatoms. The number of rotatable bonds is 4. The van der Waals surface area contributed by atoms with Crippen LogP contribution in [0.5, 0.6) is 5.75 Å². The molecule has 2 amide bonds. The number of hydrogen-bond acceptors (Lipinski definition) is 3. The van der Waals surface area contributed by atoms with Crippen molar-refractivity contribution in [1.29, 1.82) is 0 Å². The van der Waals surface area contributed by atoms with Gasteiger partial charge in [-0.05, 0) is 55.3 Å². The average molecular weight is 421 g/mol. The van der Waals surface area contributed by atoms with Gasteiger partial charge in [0.1, 0.15) is 5.75 Å². The van der Waals surface area contributed by atoms with Gasteiger partial charge in [-0.25, -0.2) is 0 Å². The molecule has 0 bridgehead atoms. The number of carbonyl (C=O) groups is 2. The van der Waals surface area contributed by atoms with Crippen molar-refractivity contribution in [2.24, 2.45) is 0 Å². The molecule has 0 atom stereocenters. The van der Waals surface area contributed by atoms with E-state index in [1.54, 1.807) is 28.0 Å². The van der Waals surface area contributed by atoms with Gasteiger partial charge in [-0.3, -0.25) is 9.59 Å². The summed E-state index contributed by atoms with van der Waals surface area (Å²) in [6.45, 7) is 5.82. The van der Waals surface area contributed by atoms with Crippen molar-refractivity contribution in [3.8, 4) is 5.75 Å². The fourth-order valence-corrected chi connectivity index (χ4v) is 3.40. The van der Waals surface area contributed by atoms with E-state index in [1.165, 1.54) is 5.56 Å². The predicted octanol–water partition coefficient (Wildman–Crippen LogP) is 3.97. The van der Waals surface area contributed by atoms with Crippen LogP contribution in [0.1, 0.15) is 21.5 Å². The molecule has 28 heavy (non-hydrogen) atoms. The Morgan fingerprint density at radius 3 is 2.29 bits per heavy atom. The van der Waals surface area contributed by atoms with Crippen LogP contribution in [0.3, 0.4) is 0 Å². The van der Waals surface area contributed by atoms with Crippen molar-refractivity contribution < 1.29 is 14.3 Å². The van der Waals surface area contributed by atoms with Crippen LogP contribution in [0.4, 0.5) is 0 Å². The van der Waals surface area contributed by atoms with Crippen molar-refractivity contribution in [3.05, 3.63) is 63.1 Å². The van der Waals surface area contributed by atoms with Crippen LogP contribution < -0.4 is 4.74 Å². The minimum atomic E-state index is -0.175. The molecule has 1 aliphatic rings. The Morgan fingerprint density at radius 2 is 1.61 bits per heavy atom. The molecule has 0 spiro atoms. The quantitative estimate of drug-likeness (QED) is 0.751. The molecule has 0 aliphatic carbocycles. The molecular weight excluding hydrogens is 399 g/mol. The lowest BCUT2D eigenvalue weighted by Gasteiger charge is -2.35. The lowest BCUT2D eigenvalue weighted by molar-refractivity contribution is -0.134. The van der Waals surface area contributed by atoms with Crippen molar-refractivity contribution in [1.82, 2.24) is 9.80 Å². The Balaban J connectivity index is 1.53. The molecule has 0 unspecified atom stereocenters. The van der Waals surface area contributed by atoms with E-state index in [4.69, 9.17) is 27.9 Å². The van der Waals surface area contributed by atoms with Crippen LogP contribution in [0.25, 0.3) is 0 Å². The third-order valence-corrected chi connectivity index (χ3v) is 5.48. The fourth-order valence-electron chi connectivity index (χ4n) is 3.03. The monoisotopic (exact) mass is 420 g/mol. The number of nitrogens with zero attached hydrogens (tertiary/aromatic N) is 2. The SMILES string of the molecule is Cc1ccc(OCC(=O)N2CCN(C(=O)c3cc(Cl)ccc3Cl)CC2)cc1C. The van der Waals surface area contributed by atoms with Gasteiger partial charge in [-0.15, -0.1) is 0 Å². The predicted molar refractivity (Wildman–Crippen MR) is 110 cm³/mol. The van der Waals surface area contributed by atoms with E-state index >= 15 is 0 Å². The summed E-state index contributed by atoms with van der Waals surface area (Å²) in [5.41, 5.74) is 2.68. The molecule has 0 aromatic heterocycles. The van der Waals surface area contributed by atoms with E-state index in [-0.39, 0.29) is 18.4 Å². The first kappa shape index (κ1) is 20.5. The summed E-state index contributed by atoms with van der Waals surface area (Å²) in [4.78, 5) is 28.5. The number of aryl methyl sites for hydroxylation is 2. The molecule has 0 N–H and O–H groups in total. The number of piperazine rings is 1. The fraction of sp³-hybridized carbons (Fsp3) is 0.333. The van der Waals surface area contributed by atoms with E-state index < -0.39 is 0 Å². The molecule has 1 aliphatic heterocycles. The summed E-state index contributed by atoms with van der Waals surface area (Å²) in [5, 5.41) is 0.833. The second kappa shape index (κ2) is 8.84.